The molecule has 0 spiro atoms. The van der Waals surface area contributed by atoms with Crippen LogP contribution in [0, 0.1) is 12.8 Å². The smallest absolute Gasteiger partial charge is 0.227 e. The quantitative estimate of drug-likeness (QED) is 0.911. The van der Waals surface area contributed by atoms with Gasteiger partial charge in [-0.25, -0.2) is 0 Å². The molecule has 17 heavy (non-hydrogen) atoms. The van der Waals surface area contributed by atoms with Crippen molar-refractivity contribution in [1.82, 2.24) is 0 Å². The Bertz CT molecular complexity index is 414. The van der Waals surface area contributed by atoms with Crippen LogP contribution in [0.1, 0.15) is 18.4 Å². The van der Waals surface area contributed by atoms with Gasteiger partial charge in [-0.3, -0.25) is 4.79 Å². The summed E-state index contributed by atoms with van der Waals surface area (Å²) in [5, 5.41) is 2.96. The molecule has 0 aromatic heterocycles. The van der Waals surface area contributed by atoms with E-state index in [9.17, 15) is 4.79 Å². The Morgan fingerprint density at radius 3 is 2.76 bits per heavy atom. The summed E-state index contributed by atoms with van der Waals surface area (Å²) in [7, 11) is 0. The monoisotopic (exact) mass is 297 g/mol. The van der Waals surface area contributed by atoms with Gasteiger partial charge in [-0.2, -0.15) is 0 Å². The molecule has 1 heterocycles. The maximum Gasteiger partial charge on any atom is 0.227 e. The van der Waals surface area contributed by atoms with E-state index < -0.39 is 0 Å². The van der Waals surface area contributed by atoms with E-state index >= 15 is 0 Å². The molecular weight excluding hydrogens is 282 g/mol. The minimum atomic E-state index is 0.0905. The van der Waals surface area contributed by atoms with Crippen molar-refractivity contribution in [1.29, 1.82) is 0 Å². The van der Waals surface area contributed by atoms with Gasteiger partial charge in [-0.1, -0.05) is 15.9 Å². The molecular formula is C13H16BrNO2. The number of amides is 1. The molecule has 1 N–H and O–H groups in total. The molecule has 92 valence electrons. The van der Waals surface area contributed by atoms with E-state index in [1.807, 2.05) is 25.1 Å². The molecule has 1 aromatic rings. The highest BCUT2D eigenvalue weighted by Crippen LogP contribution is 2.22. The normalized spacial score (nSPS) is 16.8. The number of hydrogen-bond donors (Lipinski definition) is 1. The number of halogens is 1. The molecule has 1 aliphatic heterocycles. The third-order valence-corrected chi connectivity index (χ3v) is 3.91. The molecule has 0 atom stereocenters. The zero-order chi connectivity index (χ0) is 12.3. The van der Waals surface area contributed by atoms with Crippen LogP contribution in [-0.4, -0.2) is 19.1 Å². The van der Waals surface area contributed by atoms with Crippen molar-refractivity contribution in [2.45, 2.75) is 19.8 Å². The van der Waals surface area contributed by atoms with Crippen LogP contribution in [0.3, 0.4) is 0 Å². The summed E-state index contributed by atoms with van der Waals surface area (Å²) in [6.45, 7) is 3.39. The molecule has 0 saturated carbocycles. The van der Waals surface area contributed by atoms with Gasteiger partial charge in [0.1, 0.15) is 0 Å². The lowest BCUT2D eigenvalue weighted by Crippen LogP contribution is -2.28. The highest BCUT2D eigenvalue weighted by Gasteiger charge is 2.21. The Morgan fingerprint density at radius 2 is 2.12 bits per heavy atom. The zero-order valence-corrected chi connectivity index (χ0v) is 11.4. The van der Waals surface area contributed by atoms with E-state index in [-0.39, 0.29) is 11.8 Å². The standard InChI is InChI=1S/C13H16BrNO2/c1-9-8-11(2-3-12(9)14)15-13(16)10-4-6-17-7-5-10/h2-3,8,10H,4-7H2,1H3,(H,15,16). The van der Waals surface area contributed by atoms with Crippen molar-refractivity contribution in [2.24, 2.45) is 5.92 Å². The van der Waals surface area contributed by atoms with Gasteiger partial charge in [0.25, 0.3) is 0 Å². The van der Waals surface area contributed by atoms with Crippen LogP contribution in [0.15, 0.2) is 22.7 Å². The van der Waals surface area contributed by atoms with Crippen molar-refractivity contribution >= 4 is 27.5 Å². The van der Waals surface area contributed by atoms with Crippen LogP contribution in [-0.2, 0) is 9.53 Å². The number of anilines is 1. The van der Waals surface area contributed by atoms with E-state index in [0.29, 0.717) is 13.2 Å². The fourth-order valence-corrected chi connectivity index (χ4v) is 2.17. The lowest BCUT2D eigenvalue weighted by Gasteiger charge is -2.21. The molecule has 0 bridgehead atoms. The fourth-order valence-electron chi connectivity index (χ4n) is 1.93. The molecule has 0 unspecified atom stereocenters. The molecule has 1 aromatic carbocycles. The Balaban J connectivity index is 1.99. The summed E-state index contributed by atoms with van der Waals surface area (Å²) in [6.07, 6.45) is 1.64. The number of rotatable bonds is 2. The summed E-state index contributed by atoms with van der Waals surface area (Å²) in [4.78, 5) is 12.0. The average molecular weight is 298 g/mol. The first-order valence-corrected chi connectivity index (χ1v) is 6.61. The Morgan fingerprint density at radius 1 is 1.41 bits per heavy atom. The van der Waals surface area contributed by atoms with Crippen LogP contribution in [0.2, 0.25) is 0 Å². The number of nitrogens with one attached hydrogen (secondary N) is 1. The average Bonchev–Trinajstić information content (AvgIpc) is 2.35. The van der Waals surface area contributed by atoms with Gasteiger partial charge >= 0.3 is 0 Å². The second kappa shape index (κ2) is 5.65. The van der Waals surface area contributed by atoms with Gasteiger partial charge < -0.3 is 10.1 Å². The largest absolute Gasteiger partial charge is 0.381 e. The highest BCUT2D eigenvalue weighted by molar-refractivity contribution is 9.10. The molecule has 2 rings (SSSR count). The minimum Gasteiger partial charge on any atom is -0.381 e. The summed E-state index contributed by atoms with van der Waals surface area (Å²) in [5.41, 5.74) is 1.98. The van der Waals surface area contributed by atoms with Crippen LogP contribution < -0.4 is 5.32 Å². The van der Waals surface area contributed by atoms with Gasteiger partial charge in [-0.15, -0.1) is 0 Å². The first-order valence-electron chi connectivity index (χ1n) is 5.81. The Labute approximate surface area is 110 Å². The van der Waals surface area contributed by atoms with Crippen LogP contribution in [0.4, 0.5) is 5.69 Å². The molecule has 3 nitrogen and oxygen atoms in total. The zero-order valence-electron chi connectivity index (χ0n) is 9.83. The van der Waals surface area contributed by atoms with Gasteiger partial charge in [0.05, 0.1) is 0 Å². The van der Waals surface area contributed by atoms with Crippen molar-refractivity contribution in [3.63, 3.8) is 0 Å². The molecule has 1 amide bonds. The Kier molecular flexibility index (Phi) is 4.18. The van der Waals surface area contributed by atoms with E-state index in [1.165, 1.54) is 0 Å². The van der Waals surface area contributed by atoms with E-state index in [4.69, 9.17) is 4.74 Å². The van der Waals surface area contributed by atoms with Gasteiger partial charge in [0, 0.05) is 29.3 Å². The predicted molar refractivity (Wildman–Crippen MR) is 71.1 cm³/mol. The van der Waals surface area contributed by atoms with Crippen LogP contribution in [0.5, 0.6) is 0 Å². The lowest BCUT2D eigenvalue weighted by molar-refractivity contribution is -0.122. The first-order chi connectivity index (χ1) is 8.16. The summed E-state index contributed by atoms with van der Waals surface area (Å²) >= 11 is 3.44. The molecule has 1 aliphatic rings. The van der Waals surface area contributed by atoms with Crippen molar-refractivity contribution in [2.75, 3.05) is 18.5 Å². The summed E-state index contributed by atoms with van der Waals surface area (Å²) in [5.74, 6) is 0.197. The third kappa shape index (κ3) is 3.30. The van der Waals surface area contributed by atoms with Crippen molar-refractivity contribution < 1.29 is 9.53 Å². The van der Waals surface area contributed by atoms with Crippen LogP contribution >= 0.6 is 15.9 Å². The maximum absolute atomic E-state index is 12.0. The van der Waals surface area contributed by atoms with Gasteiger partial charge in [-0.05, 0) is 43.5 Å². The summed E-state index contributed by atoms with van der Waals surface area (Å²) in [6, 6.07) is 5.84. The number of ether oxygens (including phenoxy) is 1. The maximum atomic E-state index is 12.0. The van der Waals surface area contributed by atoms with Crippen molar-refractivity contribution in [3.05, 3.63) is 28.2 Å². The fraction of sp³-hybridized carbons (Fsp3) is 0.462. The number of benzene rings is 1. The highest BCUT2D eigenvalue weighted by atomic mass is 79.9. The van der Waals surface area contributed by atoms with E-state index in [1.54, 1.807) is 0 Å². The molecule has 1 fully saturated rings. The van der Waals surface area contributed by atoms with Gasteiger partial charge in [0.2, 0.25) is 5.91 Å². The second-order valence-corrected chi connectivity index (χ2v) is 5.19. The second-order valence-electron chi connectivity index (χ2n) is 4.34. The SMILES string of the molecule is Cc1cc(NC(=O)C2CCOCC2)ccc1Br. The number of aryl methyl sites for hydroxylation is 1. The molecule has 0 aliphatic carbocycles. The van der Waals surface area contributed by atoms with E-state index in [2.05, 4.69) is 21.2 Å². The number of carbonyl (C=O) groups excluding carboxylic acids is 1. The molecule has 4 heteroatoms. The van der Waals surface area contributed by atoms with E-state index in [0.717, 1.165) is 28.6 Å². The third-order valence-electron chi connectivity index (χ3n) is 3.02. The number of carbonyl (C=O) groups is 1. The van der Waals surface area contributed by atoms with Crippen molar-refractivity contribution in [3.8, 4) is 0 Å². The Hall–Kier alpha value is -0.870. The minimum absolute atomic E-state index is 0.0905. The number of hydrogen-bond acceptors (Lipinski definition) is 2. The predicted octanol–water partition coefficient (Wildman–Crippen LogP) is 3.12. The van der Waals surface area contributed by atoms with Gasteiger partial charge in [0.15, 0.2) is 0 Å². The molecule has 0 radical (unpaired) electrons. The summed E-state index contributed by atoms with van der Waals surface area (Å²) < 4.78 is 6.31. The molecule has 1 saturated heterocycles. The lowest BCUT2D eigenvalue weighted by atomic mass is 9.99. The topological polar surface area (TPSA) is 38.3 Å². The first kappa shape index (κ1) is 12.6. The van der Waals surface area contributed by atoms with Crippen LogP contribution in [0.25, 0.3) is 0 Å².